The predicted octanol–water partition coefficient (Wildman–Crippen LogP) is 1.49. The number of hydrogen-bond donors (Lipinski definition) is 4. The molecule has 0 radical (unpaired) electrons. The Morgan fingerprint density at radius 3 is 2.11 bits per heavy atom. The van der Waals surface area contributed by atoms with Crippen LogP contribution in [0.25, 0.3) is 0 Å². The molecule has 4 N–H and O–H groups in total. The SMILES string of the molecule is [2H]N(C(=O)c1c(C)cccc1C)[C@H](C(=O)N[C@@H](CCC(=O)O)C(=O)O)C(C)C. The highest BCUT2D eigenvalue weighted by Gasteiger charge is 2.29. The van der Waals surface area contributed by atoms with E-state index < -0.39 is 48.2 Å². The van der Waals surface area contributed by atoms with Gasteiger partial charge >= 0.3 is 11.9 Å². The number of rotatable bonds is 9. The van der Waals surface area contributed by atoms with Gasteiger partial charge in [0.2, 0.25) is 5.91 Å². The number of benzene rings is 1. The topological polar surface area (TPSA) is 133 Å². The van der Waals surface area contributed by atoms with Crippen LogP contribution in [0.15, 0.2) is 18.2 Å². The number of carbonyl (C=O) groups excluding carboxylic acids is 2. The Morgan fingerprint density at radius 2 is 1.67 bits per heavy atom. The van der Waals surface area contributed by atoms with E-state index in [9.17, 15) is 24.3 Å². The molecule has 1 aromatic rings. The largest absolute Gasteiger partial charge is 0.481 e. The number of amides is 2. The zero-order valence-electron chi connectivity index (χ0n) is 16.9. The van der Waals surface area contributed by atoms with E-state index in [0.717, 1.165) is 0 Å². The second-order valence-corrected chi connectivity index (χ2v) is 6.72. The normalized spacial score (nSPS) is 13.4. The Bertz CT molecular complexity index is 745. The van der Waals surface area contributed by atoms with Crippen LogP contribution in [0, 0.1) is 19.8 Å². The lowest BCUT2D eigenvalue weighted by molar-refractivity contribution is -0.143. The zero-order valence-corrected chi connectivity index (χ0v) is 15.9. The fourth-order valence-corrected chi connectivity index (χ4v) is 2.64. The first-order chi connectivity index (χ1) is 13.0. The van der Waals surface area contributed by atoms with Crippen LogP contribution >= 0.6 is 0 Å². The fraction of sp³-hybridized carbons (Fsp3) is 0.474. The van der Waals surface area contributed by atoms with Crippen molar-refractivity contribution in [1.82, 2.24) is 10.6 Å². The van der Waals surface area contributed by atoms with E-state index in [0.29, 0.717) is 22.0 Å². The summed E-state index contributed by atoms with van der Waals surface area (Å²) in [5.41, 5.74) is 1.64. The summed E-state index contributed by atoms with van der Waals surface area (Å²) in [4.78, 5) is 47.5. The summed E-state index contributed by atoms with van der Waals surface area (Å²) in [6.07, 6.45) is -0.737. The average Bonchev–Trinajstić information content (AvgIpc) is 2.57. The van der Waals surface area contributed by atoms with Crippen LogP contribution in [0.1, 0.15) is 48.2 Å². The van der Waals surface area contributed by atoms with Gasteiger partial charge in [0.25, 0.3) is 5.91 Å². The van der Waals surface area contributed by atoms with Gasteiger partial charge in [-0.25, -0.2) is 4.79 Å². The van der Waals surface area contributed by atoms with E-state index in [2.05, 4.69) is 5.32 Å². The quantitative estimate of drug-likeness (QED) is 0.514. The highest BCUT2D eigenvalue weighted by molar-refractivity contribution is 6.00. The van der Waals surface area contributed by atoms with E-state index in [1.807, 2.05) is 0 Å². The van der Waals surface area contributed by atoms with Gasteiger partial charge in [0, 0.05) is 12.0 Å². The van der Waals surface area contributed by atoms with Gasteiger partial charge in [-0.3, -0.25) is 14.4 Å². The molecule has 0 bridgehead atoms. The van der Waals surface area contributed by atoms with E-state index >= 15 is 0 Å². The summed E-state index contributed by atoms with van der Waals surface area (Å²) in [5.74, 6) is -4.52. The molecule has 0 aliphatic rings. The monoisotopic (exact) mass is 379 g/mol. The molecule has 8 heteroatoms. The number of aliphatic carboxylic acids is 2. The number of carboxylic acids is 2. The lowest BCUT2D eigenvalue weighted by atomic mass is 9.99. The summed E-state index contributed by atoms with van der Waals surface area (Å²) in [6, 6.07) is 2.57. The van der Waals surface area contributed by atoms with Crippen LogP contribution in [-0.4, -0.2) is 46.0 Å². The number of nitrogens with one attached hydrogen (secondary N) is 2. The molecule has 8 nitrogen and oxygen atoms in total. The first-order valence-electron chi connectivity index (χ1n) is 9.05. The van der Waals surface area contributed by atoms with Crippen molar-refractivity contribution >= 4 is 23.8 Å². The molecule has 0 aliphatic carbocycles. The highest BCUT2D eigenvalue weighted by Crippen LogP contribution is 2.14. The first-order valence-corrected chi connectivity index (χ1v) is 8.61. The van der Waals surface area contributed by atoms with E-state index in [-0.39, 0.29) is 6.42 Å². The van der Waals surface area contributed by atoms with Crippen LogP contribution < -0.4 is 10.6 Å². The molecule has 0 aliphatic heterocycles. The van der Waals surface area contributed by atoms with Crippen molar-refractivity contribution in [3.63, 3.8) is 0 Å². The van der Waals surface area contributed by atoms with Crippen LogP contribution in [0.5, 0.6) is 0 Å². The molecule has 27 heavy (non-hydrogen) atoms. The van der Waals surface area contributed by atoms with Crippen molar-refractivity contribution in [3.05, 3.63) is 34.9 Å². The van der Waals surface area contributed by atoms with Crippen LogP contribution in [-0.2, 0) is 14.4 Å². The minimum Gasteiger partial charge on any atom is -0.481 e. The van der Waals surface area contributed by atoms with E-state index in [4.69, 9.17) is 6.52 Å². The molecule has 2 atom stereocenters. The number of carbonyl (C=O) groups is 4. The van der Waals surface area contributed by atoms with Crippen molar-refractivity contribution in [2.75, 3.05) is 0 Å². The fourth-order valence-electron chi connectivity index (χ4n) is 2.64. The van der Waals surface area contributed by atoms with Crippen LogP contribution in [0.3, 0.4) is 0 Å². The number of aryl methyl sites for hydroxylation is 2. The lowest BCUT2D eigenvalue weighted by Crippen LogP contribution is -2.53. The smallest absolute Gasteiger partial charge is 0.326 e. The molecule has 1 rings (SSSR count). The Morgan fingerprint density at radius 1 is 1.11 bits per heavy atom. The van der Waals surface area contributed by atoms with Crippen molar-refractivity contribution in [1.29, 1.82) is 0 Å². The third-order valence-corrected chi connectivity index (χ3v) is 4.11. The molecular formula is C19H26N2O6. The molecule has 1 aromatic carbocycles. The molecule has 0 heterocycles. The van der Waals surface area contributed by atoms with Gasteiger partial charge in [0.15, 0.2) is 1.41 Å². The molecule has 0 spiro atoms. The summed E-state index contributed by atoms with van der Waals surface area (Å²) >= 11 is 0. The van der Waals surface area contributed by atoms with Crippen molar-refractivity contribution in [2.45, 2.75) is 52.6 Å². The minimum atomic E-state index is -1.42. The summed E-state index contributed by atoms with van der Waals surface area (Å²) in [7, 11) is 0. The first kappa shape index (κ1) is 20.4. The molecule has 0 saturated carbocycles. The van der Waals surface area contributed by atoms with E-state index in [1.54, 1.807) is 45.9 Å². The van der Waals surface area contributed by atoms with Crippen LogP contribution in [0.2, 0.25) is 1.41 Å². The Labute approximate surface area is 159 Å². The van der Waals surface area contributed by atoms with Crippen molar-refractivity contribution in [3.8, 4) is 0 Å². The molecule has 0 aromatic heterocycles. The van der Waals surface area contributed by atoms with Crippen molar-refractivity contribution < 1.29 is 30.8 Å². The van der Waals surface area contributed by atoms with E-state index in [1.165, 1.54) is 0 Å². The molecule has 0 unspecified atom stereocenters. The molecule has 2 amide bonds. The zero-order chi connectivity index (χ0) is 21.6. The van der Waals surface area contributed by atoms with Gasteiger partial charge in [-0.2, -0.15) is 0 Å². The maximum atomic E-state index is 12.8. The third-order valence-electron chi connectivity index (χ3n) is 4.11. The predicted molar refractivity (Wildman–Crippen MR) is 98.4 cm³/mol. The van der Waals surface area contributed by atoms with Gasteiger partial charge in [0.05, 0.1) is 0 Å². The number of hydrogen-bond acceptors (Lipinski definition) is 4. The second-order valence-electron chi connectivity index (χ2n) is 6.72. The maximum absolute atomic E-state index is 12.8. The second kappa shape index (κ2) is 9.70. The third kappa shape index (κ3) is 6.40. The Hall–Kier alpha value is -2.90. The molecular weight excluding hydrogens is 352 g/mol. The maximum Gasteiger partial charge on any atom is 0.326 e. The summed E-state index contributed by atoms with van der Waals surface area (Å²) in [6.45, 7) is 6.73. The Balaban J connectivity index is 3.07. The molecule has 0 fully saturated rings. The van der Waals surface area contributed by atoms with Gasteiger partial charge in [-0.05, 0) is 37.3 Å². The summed E-state index contributed by atoms with van der Waals surface area (Å²) < 4.78 is 8.23. The standard InChI is InChI=1S/C19H26N2O6/c1-10(2)16(18(25)20-13(19(26)27)8-9-14(22)23)21-17(24)15-11(3)6-5-7-12(15)4/h5-7,10,13,16H,8-9H2,1-4H3,(H,20,25)(H,21,24)(H,22,23)(H,26,27)/t13-,16-/m0/s1/i/hD. The highest BCUT2D eigenvalue weighted by atomic mass is 16.4. The number of carboxylic acid groups (broad SMARTS) is 2. The van der Waals surface area contributed by atoms with Gasteiger partial charge in [-0.1, -0.05) is 32.0 Å². The Kier molecular flexibility index (Phi) is 7.34. The molecule has 0 saturated heterocycles. The summed E-state index contributed by atoms with van der Waals surface area (Å²) in [5, 5.41) is 20.8. The molecule has 148 valence electrons. The van der Waals surface area contributed by atoms with Gasteiger partial charge in [0.1, 0.15) is 12.1 Å². The minimum absolute atomic E-state index is 0.302. The van der Waals surface area contributed by atoms with Gasteiger partial charge in [-0.15, -0.1) is 0 Å². The van der Waals surface area contributed by atoms with Crippen molar-refractivity contribution in [2.24, 2.45) is 5.92 Å². The van der Waals surface area contributed by atoms with Gasteiger partial charge < -0.3 is 20.8 Å². The van der Waals surface area contributed by atoms with Crippen LogP contribution in [0.4, 0.5) is 0 Å². The average molecular weight is 379 g/mol. The lowest BCUT2D eigenvalue weighted by Gasteiger charge is -2.24.